The quantitative estimate of drug-likeness (QED) is 0.889. The second-order valence-electron chi connectivity index (χ2n) is 5.57. The lowest BCUT2D eigenvalue weighted by Crippen LogP contribution is -2.28. The van der Waals surface area contributed by atoms with E-state index in [9.17, 15) is 0 Å². The molecule has 0 aliphatic carbocycles. The molecule has 1 aromatic heterocycles. The van der Waals surface area contributed by atoms with Gasteiger partial charge in [0, 0.05) is 27.2 Å². The van der Waals surface area contributed by atoms with Crippen LogP contribution < -0.4 is 15.5 Å². The first-order valence-corrected chi connectivity index (χ1v) is 6.93. The molecule has 1 fully saturated rings. The molecule has 0 amide bonds. The Labute approximate surface area is 115 Å². The van der Waals surface area contributed by atoms with Crippen molar-refractivity contribution < 1.29 is 0 Å². The zero-order valence-corrected chi connectivity index (χ0v) is 12.3. The Kier molecular flexibility index (Phi) is 3.78. The zero-order chi connectivity index (χ0) is 14.0. The Bertz CT molecular complexity index is 441. The molecule has 0 unspecified atom stereocenters. The second-order valence-corrected chi connectivity index (χ2v) is 5.57. The average molecular weight is 264 g/mol. The standard InChI is InChI=1S/C13H24N6/c1-5-13(6-2)7-8-19(9-13)12-16-10(14)15-11(17-12)18(3)4/h5-9H2,1-4H3,(H2,14,15,16,17). The lowest BCUT2D eigenvalue weighted by Gasteiger charge is -2.26. The van der Waals surface area contributed by atoms with E-state index in [-0.39, 0.29) is 0 Å². The van der Waals surface area contributed by atoms with Gasteiger partial charge in [-0.3, -0.25) is 0 Å². The van der Waals surface area contributed by atoms with Gasteiger partial charge in [-0.15, -0.1) is 0 Å². The summed E-state index contributed by atoms with van der Waals surface area (Å²) in [5.41, 5.74) is 6.18. The van der Waals surface area contributed by atoms with Gasteiger partial charge in [-0.1, -0.05) is 13.8 Å². The van der Waals surface area contributed by atoms with E-state index in [1.807, 2.05) is 19.0 Å². The topological polar surface area (TPSA) is 71.2 Å². The third-order valence-corrected chi connectivity index (χ3v) is 4.25. The smallest absolute Gasteiger partial charge is 0.231 e. The predicted molar refractivity (Wildman–Crippen MR) is 78.4 cm³/mol. The summed E-state index contributed by atoms with van der Waals surface area (Å²) in [7, 11) is 3.82. The van der Waals surface area contributed by atoms with E-state index >= 15 is 0 Å². The lowest BCUT2D eigenvalue weighted by atomic mass is 9.82. The Morgan fingerprint density at radius 3 is 2.42 bits per heavy atom. The molecule has 106 valence electrons. The summed E-state index contributed by atoms with van der Waals surface area (Å²) < 4.78 is 0. The van der Waals surface area contributed by atoms with Crippen molar-refractivity contribution in [3.05, 3.63) is 0 Å². The molecule has 0 aromatic carbocycles. The normalized spacial score (nSPS) is 17.8. The molecule has 0 saturated carbocycles. The highest BCUT2D eigenvalue weighted by Crippen LogP contribution is 2.38. The molecule has 0 spiro atoms. The summed E-state index contributed by atoms with van der Waals surface area (Å²) in [6, 6.07) is 0. The number of anilines is 3. The Balaban J connectivity index is 2.24. The van der Waals surface area contributed by atoms with Crippen LogP contribution in [0.25, 0.3) is 0 Å². The highest BCUT2D eigenvalue weighted by Gasteiger charge is 2.36. The maximum atomic E-state index is 5.78. The summed E-state index contributed by atoms with van der Waals surface area (Å²) in [6.07, 6.45) is 3.59. The number of nitrogens with two attached hydrogens (primary N) is 1. The van der Waals surface area contributed by atoms with Gasteiger partial charge in [0.15, 0.2) is 0 Å². The van der Waals surface area contributed by atoms with E-state index in [0.717, 1.165) is 13.1 Å². The minimum Gasteiger partial charge on any atom is -0.368 e. The Hall–Kier alpha value is -1.59. The Morgan fingerprint density at radius 2 is 1.89 bits per heavy atom. The summed E-state index contributed by atoms with van der Waals surface area (Å²) >= 11 is 0. The number of rotatable bonds is 4. The first kappa shape index (κ1) is 13.8. The fourth-order valence-corrected chi connectivity index (χ4v) is 2.64. The number of hydrogen-bond donors (Lipinski definition) is 1. The molecule has 6 heteroatoms. The van der Waals surface area contributed by atoms with Gasteiger partial charge in [0.25, 0.3) is 0 Å². The fraction of sp³-hybridized carbons (Fsp3) is 0.769. The molecule has 0 radical (unpaired) electrons. The Morgan fingerprint density at radius 1 is 1.21 bits per heavy atom. The molecule has 1 saturated heterocycles. The third-order valence-electron chi connectivity index (χ3n) is 4.25. The van der Waals surface area contributed by atoms with Crippen molar-refractivity contribution in [2.45, 2.75) is 33.1 Å². The SMILES string of the molecule is CCC1(CC)CCN(c2nc(N)nc(N(C)C)n2)C1. The zero-order valence-electron chi connectivity index (χ0n) is 12.3. The lowest BCUT2D eigenvalue weighted by molar-refractivity contribution is 0.301. The van der Waals surface area contributed by atoms with Crippen LogP contribution in [0.4, 0.5) is 17.8 Å². The van der Waals surface area contributed by atoms with Crippen LogP contribution in [0.15, 0.2) is 0 Å². The van der Waals surface area contributed by atoms with Gasteiger partial charge in [0.1, 0.15) is 0 Å². The van der Waals surface area contributed by atoms with Crippen molar-refractivity contribution in [2.24, 2.45) is 5.41 Å². The van der Waals surface area contributed by atoms with Crippen LogP contribution in [0.1, 0.15) is 33.1 Å². The van der Waals surface area contributed by atoms with Crippen molar-refractivity contribution >= 4 is 17.8 Å². The minimum atomic E-state index is 0.291. The molecule has 2 N–H and O–H groups in total. The van der Waals surface area contributed by atoms with Crippen LogP contribution in [0, 0.1) is 5.41 Å². The number of aromatic nitrogens is 3. The predicted octanol–water partition coefficient (Wildman–Crippen LogP) is 1.54. The first-order chi connectivity index (χ1) is 8.99. The van der Waals surface area contributed by atoms with E-state index in [4.69, 9.17) is 5.73 Å². The van der Waals surface area contributed by atoms with Crippen molar-refractivity contribution in [3.63, 3.8) is 0 Å². The average Bonchev–Trinajstić information content (AvgIpc) is 2.83. The highest BCUT2D eigenvalue weighted by atomic mass is 15.3. The van der Waals surface area contributed by atoms with E-state index < -0.39 is 0 Å². The van der Waals surface area contributed by atoms with Crippen molar-refractivity contribution in [3.8, 4) is 0 Å². The van der Waals surface area contributed by atoms with Gasteiger partial charge in [-0.25, -0.2) is 0 Å². The largest absolute Gasteiger partial charge is 0.368 e. The molecule has 19 heavy (non-hydrogen) atoms. The molecule has 0 bridgehead atoms. The minimum absolute atomic E-state index is 0.291. The number of nitrogen functional groups attached to an aromatic ring is 1. The summed E-state index contributed by atoms with van der Waals surface area (Å²) in [4.78, 5) is 17.0. The monoisotopic (exact) mass is 264 g/mol. The fourth-order valence-electron chi connectivity index (χ4n) is 2.64. The molecule has 2 rings (SSSR count). The maximum absolute atomic E-state index is 5.78. The molecule has 1 aliphatic rings. The highest BCUT2D eigenvalue weighted by molar-refractivity contribution is 5.43. The maximum Gasteiger partial charge on any atom is 0.231 e. The summed E-state index contributed by atoms with van der Waals surface area (Å²) in [6.45, 7) is 6.54. The molecule has 1 aromatic rings. The molecule has 6 nitrogen and oxygen atoms in total. The van der Waals surface area contributed by atoms with E-state index in [0.29, 0.717) is 23.3 Å². The van der Waals surface area contributed by atoms with Crippen LogP contribution in [0.2, 0.25) is 0 Å². The second kappa shape index (κ2) is 5.19. The summed E-state index contributed by atoms with van der Waals surface area (Å²) in [5, 5.41) is 0. The molecular formula is C13H24N6. The number of nitrogens with zero attached hydrogens (tertiary/aromatic N) is 5. The van der Waals surface area contributed by atoms with E-state index in [1.54, 1.807) is 0 Å². The van der Waals surface area contributed by atoms with Crippen LogP contribution in [-0.2, 0) is 0 Å². The van der Waals surface area contributed by atoms with Crippen molar-refractivity contribution in [1.29, 1.82) is 0 Å². The van der Waals surface area contributed by atoms with Crippen LogP contribution in [0.3, 0.4) is 0 Å². The van der Waals surface area contributed by atoms with Crippen molar-refractivity contribution in [2.75, 3.05) is 42.7 Å². The van der Waals surface area contributed by atoms with Gasteiger partial charge in [0.05, 0.1) is 0 Å². The molecule has 1 aliphatic heterocycles. The van der Waals surface area contributed by atoms with Gasteiger partial charge in [0.2, 0.25) is 17.8 Å². The van der Waals surface area contributed by atoms with Crippen LogP contribution in [-0.4, -0.2) is 42.1 Å². The number of hydrogen-bond acceptors (Lipinski definition) is 6. The molecular weight excluding hydrogens is 240 g/mol. The third kappa shape index (κ3) is 2.72. The van der Waals surface area contributed by atoms with Crippen LogP contribution >= 0.6 is 0 Å². The van der Waals surface area contributed by atoms with Gasteiger partial charge >= 0.3 is 0 Å². The van der Waals surface area contributed by atoms with Gasteiger partial charge in [-0.05, 0) is 24.7 Å². The van der Waals surface area contributed by atoms with Crippen molar-refractivity contribution in [1.82, 2.24) is 15.0 Å². The van der Waals surface area contributed by atoms with E-state index in [2.05, 4.69) is 33.7 Å². The van der Waals surface area contributed by atoms with Crippen LogP contribution in [0.5, 0.6) is 0 Å². The molecule has 0 atom stereocenters. The summed E-state index contributed by atoms with van der Waals surface area (Å²) in [5.74, 6) is 1.62. The molecule has 2 heterocycles. The first-order valence-electron chi connectivity index (χ1n) is 6.93. The van der Waals surface area contributed by atoms with Gasteiger partial charge < -0.3 is 15.5 Å². The van der Waals surface area contributed by atoms with E-state index in [1.165, 1.54) is 19.3 Å². The van der Waals surface area contributed by atoms with Gasteiger partial charge in [-0.2, -0.15) is 15.0 Å².